The highest BCUT2D eigenvalue weighted by atomic mass is 32.1. The minimum absolute atomic E-state index is 0.117. The Bertz CT molecular complexity index is 728. The van der Waals surface area contributed by atoms with Crippen LogP contribution in [-0.2, 0) is 16.1 Å². The van der Waals surface area contributed by atoms with E-state index < -0.39 is 0 Å². The molecule has 1 saturated carbocycles. The number of hydrogen-bond acceptors (Lipinski definition) is 6. The standard InChI is InChI=1S/C18H23N5O2S/c24-15(20-12-14-8-4-5-11-19-14)9-10-16(25)21-18-23-22-17(26-18)13-6-2-1-3-7-13/h4-5,8,11,13H,1-3,6-7,9-10,12H2,(H,20,24)(H,21,23,25). The van der Waals surface area contributed by atoms with Crippen LogP contribution in [0.2, 0.25) is 0 Å². The molecule has 2 amide bonds. The Labute approximate surface area is 156 Å². The SMILES string of the molecule is O=C(CCC(=O)Nc1nnc(C2CCCCC2)s1)NCc1ccccn1. The summed E-state index contributed by atoms with van der Waals surface area (Å²) in [5.74, 6) is 0.0829. The van der Waals surface area contributed by atoms with Crippen LogP contribution in [-0.4, -0.2) is 27.0 Å². The van der Waals surface area contributed by atoms with Gasteiger partial charge in [0.15, 0.2) is 0 Å². The van der Waals surface area contributed by atoms with Crippen molar-refractivity contribution in [2.24, 2.45) is 0 Å². The summed E-state index contributed by atoms with van der Waals surface area (Å²) >= 11 is 1.45. The molecule has 0 saturated heterocycles. The Balaban J connectivity index is 1.38. The lowest BCUT2D eigenvalue weighted by atomic mass is 9.90. The van der Waals surface area contributed by atoms with Crippen LogP contribution in [0.25, 0.3) is 0 Å². The molecule has 0 spiro atoms. The van der Waals surface area contributed by atoms with Crippen LogP contribution in [0.4, 0.5) is 5.13 Å². The Hall–Kier alpha value is -2.35. The Kier molecular flexibility index (Phi) is 6.65. The van der Waals surface area contributed by atoms with Gasteiger partial charge in [-0.25, -0.2) is 0 Å². The van der Waals surface area contributed by atoms with Gasteiger partial charge >= 0.3 is 0 Å². The monoisotopic (exact) mass is 373 g/mol. The first-order chi connectivity index (χ1) is 12.7. The fraction of sp³-hybridized carbons (Fsp3) is 0.500. The molecule has 0 radical (unpaired) electrons. The molecule has 2 aromatic heterocycles. The van der Waals surface area contributed by atoms with Gasteiger partial charge in [-0.2, -0.15) is 0 Å². The van der Waals surface area contributed by atoms with Gasteiger partial charge in [0.1, 0.15) is 5.01 Å². The highest BCUT2D eigenvalue weighted by molar-refractivity contribution is 7.15. The van der Waals surface area contributed by atoms with E-state index >= 15 is 0 Å². The van der Waals surface area contributed by atoms with Crippen molar-refractivity contribution in [2.75, 3.05) is 5.32 Å². The zero-order valence-corrected chi connectivity index (χ0v) is 15.4. The second-order valence-corrected chi connectivity index (χ2v) is 7.44. The summed E-state index contributed by atoms with van der Waals surface area (Å²) in [5, 5.41) is 15.3. The smallest absolute Gasteiger partial charge is 0.226 e. The molecule has 0 bridgehead atoms. The number of carbonyl (C=O) groups is 2. The lowest BCUT2D eigenvalue weighted by Gasteiger charge is -2.18. The van der Waals surface area contributed by atoms with Crippen molar-refractivity contribution >= 4 is 28.3 Å². The number of amides is 2. The number of pyridine rings is 1. The van der Waals surface area contributed by atoms with Crippen molar-refractivity contribution in [1.82, 2.24) is 20.5 Å². The summed E-state index contributed by atoms with van der Waals surface area (Å²) in [6, 6.07) is 5.53. The maximum Gasteiger partial charge on any atom is 0.226 e. The normalized spacial score (nSPS) is 14.8. The molecule has 1 aliphatic rings. The number of aromatic nitrogens is 3. The average molecular weight is 373 g/mol. The summed E-state index contributed by atoms with van der Waals surface area (Å²) in [5.41, 5.74) is 0.786. The predicted octanol–water partition coefficient (Wildman–Crippen LogP) is 3.02. The lowest BCUT2D eigenvalue weighted by Crippen LogP contribution is -2.24. The molecule has 2 N–H and O–H groups in total. The zero-order valence-electron chi connectivity index (χ0n) is 14.6. The van der Waals surface area contributed by atoms with Crippen molar-refractivity contribution in [3.8, 4) is 0 Å². The zero-order chi connectivity index (χ0) is 18.2. The highest BCUT2D eigenvalue weighted by Gasteiger charge is 2.20. The Morgan fingerprint density at radius 1 is 1.08 bits per heavy atom. The molecule has 1 aliphatic carbocycles. The third kappa shape index (κ3) is 5.59. The van der Waals surface area contributed by atoms with Crippen molar-refractivity contribution < 1.29 is 9.59 Å². The molecular weight excluding hydrogens is 350 g/mol. The number of rotatable bonds is 7. The van der Waals surface area contributed by atoms with Crippen molar-refractivity contribution in [2.45, 2.75) is 57.4 Å². The lowest BCUT2D eigenvalue weighted by molar-refractivity contribution is -0.124. The van der Waals surface area contributed by atoms with Gasteiger partial charge in [-0.05, 0) is 25.0 Å². The van der Waals surface area contributed by atoms with Crippen LogP contribution in [0.1, 0.15) is 61.6 Å². The Morgan fingerprint density at radius 3 is 2.65 bits per heavy atom. The van der Waals surface area contributed by atoms with Gasteiger partial charge in [0.25, 0.3) is 0 Å². The molecule has 0 atom stereocenters. The van der Waals surface area contributed by atoms with Crippen molar-refractivity contribution in [3.63, 3.8) is 0 Å². The summed E-state index contributed by atoms with van der Waals surface area (Å²) in [4.78, 5) is 28.0. The van der Waals surface area contributed by atoms with E-state index in [9.17, 15) is 9.59 Å². The van der Waals surface area contributed by atoms with Crippen LogP contribution in [0, 0.1) is 0 Å². The van der Waals surface area contributed by atoms with E-state index in [4.69, 9.17) is 0 Å². The summed E-state index contributed by atoms with van der Waals surface area (Å²) in [6.07, 6.45) is 8.00. The van der Waals surface area contributed by atoms with Crippen LogP contribution < -0.4 is 10.6 Å². The molecule has 8 heteroatoms. The van der Waals surface area contributed by atoms with Gasteiger partial charge in [-0.1, -0.05) is 36.7 Å². The average Bonchev–Trinajstić information content (AvgIpc) is 3.15. The third-order valence-electron chi connectivity index (χ3n) is 4.41. The topological polar surface area (TPSA) is 96.9 Å². The second kappa shape index (κ2) is 9.38. The molecule has 138 valence electrons. The molecule has 0 unspecified atom stereocenters. The predicted molar refractivity (Wildman–Crippen MR) is 99.7 cm³/mol. The van der Waals surface area contributed by atoms with Gasteiger partial charge in [0.05, 0.1) is 12.2 Å². The van der Waals surface area contributed by atoms with E-state index in [1.807, 2.05) is 18.2 Å². The second-order valence-electron chi connectivity index (χ2n) is 6.43. The van der Waals surface area contributed by atoms with Gasteiger partial charge in [0.2, 0.25) is 16.9 Å². The first kappa shape index (κ1) is 18.4. The largest absolute Gasteiger partial charge is 0.350 e. The molecule has 26 heavy (non-hydrogen) atoms. The minimum atomic E-state index is -0.218. The van der Waals surface area contributed by atoms with Crippen molar-refractivity contribution in [1.29, 1.82) is 0 Å². The quantitative estimate of drug-likeness (QED) is 0.777. The first-order valence-electron chi connectivity index (χ1n) is 9.00. The summed E-state index contributed by atoms with van der Waals surface area (Å²) < 4.78 is 0. The number of hydrogen-bond donors (Lipinski definition) is 2. The van der Waals surface area contributed by atoms with E-state index in [0.29, 0.717) is 17.6 Å². The number of nitrogens with zero attached hydrogens (tertiary/aromatic N) is 3. The van der Waals surface area contributed by atoms with Gasteiger partial charge in [-0.3, -0.25) is 14.6 Å². The molecule has 3 rings (SSSR count). The van der Waals surface area contributed by atoms with E-state index in [0.717, 1.165) is 23.5 Å². The van der Waals surface area contributed by atoms with Gasteiger partial charge in [0, 0.05) is 25.0 Å². The molecule has 0 aliphatic heterocycles. The fourth-order valence-corrected chi connectivity index (χ4v) is 3.92. The third-order valence-corrected chi connectivity index (χ3v) is 5.41. The highest BCUT2D eigenvalue weighted by Crippen LogP contribution is 2.35. The van der Waals surface area contributed by atoms with E-state index in [1.54, 1.807) is 6.20 Å². The molecule has 1 fully saturated rings. The summed E-state index contributed by atoms with van der Waals surface area (Å²) in [6.45, 7) is 0.364. The van der Waals surface area contributed by atoms with E-state index in [1.165, 1.54) is 30.6 Å². The van der Waals surface area contributed by atoms with Crippen LogP contribution in [0.15, 0.2) is 24.4 Å². The molecule has 7 nitrogen and oxygen atoms in total. The summed E-state index contributed by atoms with van der Waals surface area (Å²) in [7, 11) is 0. The molecular formula is C18H23N5O2S. The Morgan fingerprint density at radius 2 is 1.88 bits per heavy atom. The van der Waals surface area contributed by atoms with Crippen LogP contribution in [0.3, 0.4) is 0 Å². The number of anilines is 1. The molecule has 0 aromatic carbocycles. The molecule has 2 heterocycles. The molecule has 2 aromatic rings. The fourth-order valence-electron chi connectivity index (χ4n) is 2.99. The minimum Gasteiger partial charge on any atom is -0.350 e. The van der Waals surface area contributed by atoms with Crippen molar-refractivity contribution in [3.05, 3.63) is 35.1 Å². The number of carbonyl (C=O) groups excluding carboxylic acids is 2. The van der Waals surface area contributed by atoms with Gasteiger partial charge in [-0.15, -0.1) is 10.2 Å². The number of nitrogens with one attached hydrogen (secondary N) is 2. The van der Waals surface area contributed by atoms with Crippen LogP contribution in [0.5, 0.6) is 0 Å². The maximum atomic E-state index is 12.0. The maximum absolute atomic E-state index is 12.0. The van der Waals surface area contributed by atoms with E-state index in [-0.39, 0.29) is 24.7 Å². The first-order valence-corrected chi connectivity index (χ1v) is 9.82. The van der Waals surface area contributed by atoms with Crippen LogP contribution >= 0.6 is 11.3 Å². The van der Waals surface area contributed by atoms with Gasteiger partial charge < -0.3 is 10.6 Å². The van der Waals surface area contributed by atoms with E-state index in [2.05, 4.69) is 25.8 Å².